The van der Waals surface area contributed by atoms with Gasteiger partial charge in [-0.2, -0.15) is 0 Å². The lowest BCUT2D eigenvalue weighted by Gasteiger charge is -2.38. The number of piperidine rings is 1. The molecule has 1 atom stereocenters. The largest absolute Gasteiger partial charge is 0.457 e. The molecule has 2 aliphatic rings. The number of Topliss-reactive ketones (excluding diaryl/α,β-unsaturated/α-hetero) is 1. The number of primary amides is 1. The Hall–Kier alpha value is -4.07. The van der Waals surface area contributed by atoms with Crippen LogP contribution < -0.4 is 15.9 Å². The van der Waals surface area contributed by atoms with Crippen molar-refractivity contribution >= 4 is 11.7 Å². The van der Waals surface area contributed by atoms with Crippen molar-refractivity contribution in [3.05, 3.63) is 78.4 Å². The lowest BCUT2D eigenvalue weighted by molar-refractivity contribution is -0.115. The highest BCUT2D eigenvalue weighted by Crippen LogP contribution is 2.39. The van der Waals surface area contributed by atoms with E-state index in [1.807, 2.05) is 54.6 Å². The average Bonchev–Trinajstić information content (AvgIpc) is 3.29. The Morgan fingerprint density at radius 3 is 2.33 bits per heavy atom. The van der Waals surface area contributed by atoms with Crippen LogP contribution in [0.5, 0.6) is 11.5 Å². The van der Waals surface area contributed by atoms with Crippen LogP contribution in [0.15, 0.2) is 66.9 Å². The summed E-state index contributed by atoms with van der Waals surface area (Å²) < 4.78 is 7.70. The Kier molecular flexibility index (Phi) is 6.50. The van der Waals surface area contributed by atoms with E-state index in [9.17, 15) is 9.59 Å². The third kappa shape index (κ3) is 4.58. The molecule has 0 spiro atoms. The number of nitrogens with one attached hydrogen (secondary N) is 1. The van der Waals surface area contributed by atoms with E-state index in [0.29, 0.717) is 28.8 Å². The second-order valence-electron chi connectivity index (χ2n) is 9.44. The van der Waals surface area contributed by atoms with E-state index >= 15 is 0 Å². The molecule has 0 radical (unpaired) electrons. The maximum atomic E-state index is 12.5. The third-order valence-corrected chi connectivity index (χ3v) is 7.20. The number of hydrogen-bond donors (Lipinski definition) is 2. The Morgan fingerprint density at radius 2 is 1.69 bits per heavy atom. The summed E-state index contributed by atoms with van der Waals surface area (Å²) in [5, 5.41) is 0. The zero-order valence-electron chi connectivity index (χ0n) is 20.4. The van der Waals surface area contributed by atoms with Crippen LogP contribution in [0.1, 0.15) is 48.4 Å². The number of ether oxygens (including phenoxy) is 1. The van der Waals surface area contributed by atoms with Crippen molar-refractivity contribution in [2.45, 2.75) is 32.1 Å². The fraction of sp³-hybridized carbons (Fsp3) is 0.321. The number of nitrogens with two attached hydrogens (primary N) is 1. The quantitative estimate of drug-likeness (QED) is 0.484. The van der Waals surface area contributed by atoms with Crippen molar-refractivity contribution in [3.8, 4) is 22.8 Å². The molecule has 36 heavy (non-hydrogen) atoms. The number of allylic oxidation sites excluding steroid dienone is 1. The minimum atomic E-state index is -0.519. The zero-order valence-corrected chi connectivity index (χ0v) is 20.4. The molecule has 1 saturated heterocycles. The summed E-state index contributed by atoms with van der Waals surface area (Å²) in [6, 6.07) is 17.1. The van der Waals surface area contributed by atoms with Gasteiger partial charge in [-0.3, -0.25) is 9.59 Å². The van der Waals surface area contributed by atoms with E-state index in [-0.39, 0.29) is 11.7 Å². The highest BCUT2D eigenvalue weighted by Gasteiger charge is 2.36. The topological polar surface area (TPSA) is 102 Å². The number of ketones is 1. The van der Waals surface area contributed by atoms with Gasteiger partial charge < -0.3 is 20.8 Å². The van der Waals surface area contributed by atoms with Crippen molar-refractivity contribution in [3.63, 3.8) is 0 Å². The molecule has 1 fully saturated rings. The summed E-state index contributed by atoms with van der Waals surface area (Å²) in [6.45, 7) is 7.83. The van der Waals surface area contributed by atoms with Crippen LogP contribution in [0.25, 0.3) is 11.3 Å². The summed E-state index contributed by atoms with van der Waals surface area (Å²) in [5.74, 6) is 2.40. The summed E-state index contributed by atoms with van der Waals surface area (Å²) in [6.07, 6.45) is 2.81. The number of rotatable bonds is 7. The van der Waals surface area contributed by atoms with Crippen LogP contribution in [0, 0.1) is 5.92 Å². The van der Waals surface area contributed by atoms with Crippen molar-refractivity contribution in [1.82, 2.24) is 14.6 Å². The van der Waals surface area contributed by atoms with Gasteiger partial charge in [-0.1, -0.05) is 24.8 Å². The van der Waals surface area contributed by atoms with Gasteiger partial charge in [-0.15, -0.1) is 0 Å². The average molecular weight is 486 g/mol. The van der Waals surface area contributed by atoms with E-state index in [0.717, 1.165) is 56.0 Å². The molecule has 8 heteroatoms. The number of carbonyl (C=O) groups excluding carboxylic acids is 2. The number of para-hydroxylation sites is 1. The first-order valence-electron chi connectivity index (χ1n) is 12.4. The molecule has 1 aromatic heterocycles. The number of imidazole rings is 1. The number of likely N-dealkylation sites (tertiary alicyclic amines) is 1. The highest BCUT2D eigenvalue weighted by molar-refractivity contribution is 5.97. The molecule has 0 saturated carbocycles. The minimum Gasteiger partial charge on any atom is -0.457 e. The fourth-order valence-electron chi connectivity index (χ4n) is 5.28. The smallest absolute Gasteiger partial charge is 0.269 e. The van der Waals surface area contributed by atoms with Crippen LogP contribution >= 0.6 is 0 Å². The second kappa shape index (κ2) is 9.89. The first-order valence-corrected chi connectivity index (χ1v) is 12.4. The van der Waals surface area contributed by atoms with Crippen LogP contribution in [-0.2, 0) is 4.79 Å². The lowest BCUT2D eigenvalue weighted by Crippen LogP contribution is -2.40. The summed E-state index contributed by atoms with van der Waals surface area (Å²) in [5.41, 5.74) is 11.5. The van der Waals surface area contributed by atoms with E-state index in [2.05, 4.69) is 16.9 Å². The SMILES string of the molecule is C=C(C(C)=O)N1CCC(C2CCNn3c2nc(-c2ccc(Oc4ccccc4)cc2)c3C(N)=O)CC1. The number of amides is 1. The molecule has 1 amide bonds. The molecule has 0 bridgehead atoms. The minimum absolute atomic E-state index is 0.0155. The molecule has 186 valence electrons. The van der Waals surface area contributed by atoms with Crippen LogP contribution in [-0.4, -0.2) is 45.9 Å². The number of hydrogen-bond acceptors (Lipinski definition) is 6. The van der Waals surface area contributed by atoms with Gasteiger partial charge in [0, 0.05) is 38.0 Å². The Morgan fingerprint density at radius 1 is 1.03 bits per heavy atom. The molecular weight excluding hydrogens is 454 g/mol. The highest BCUT2D eigenvalue weighted by atomic mass is 16.5. The number of aromatic nitrogens is 2. The molecule has 3 aromatic rings. The Balaban J connectivity index is 1.40. The van der Waals surface area contributed by atoms with Crippen molar-refractivity contribution in [2.75, 3.05) is 25.1 Å². The van der Waals surface area contributed by atoms with Gasteiger partial charge in [0.2, 0.25) is 0 Å². The summed E-state index contributed by atoms with van der Waals surface area (Å²) in [4.78, 5) is 31.3. The van der Waals surface area contributed by atoms with Gasteiger partial charge in [0.05, 0.1) is 5.70 Å². The number of benzene rings is 2. The van der Waals surface area contributed by atoms with Gasteiger partial charge in [0.15, 0.2) is 11.5 Å². The normalized spacial score (nSPS) is 17.7. The van der Waals surface area contributed by atoms with E-state index < -0.39 is 5.91 Å². The predicted octanol–water partition coefficient (Wildman–Crippen LogP) is 4.29. The van der Waals surface area contributed by atoms with Crippen molar-refractivity contribution < 1.29 is 14.3 Å². The monoisotopic (exact) mass is 485 g/mol. The molecular formula is C28H31N5O3. The standard InChI is InChI=1S/C28H31N5O3/c1-18(19(2)34)32-16-13-20(14-17-32)24-12-15-30-33-26(27(29)35)25(31-28(24)33)21-8-10-23(11-9-21)36-22-6-4-3-5-7-22/h3-11,20,24,30H,1,12-17H2,2H3,(H2,29,35). The molecule has 2 aromatic carbocycles. The van der Waals surface area contributed by atoms with Crippen molar-refractivity contribution in [2.24, 2.45) is 11.7 Å². The number of nitrogens with zero attached hydrogens (tertiary/aromatic N) is 3. The summed E-state index contributed by atoms with van der Waals surface area (Å²) in [7, 11) is 0. The van der Waals surface area contributed by atoms with Gasteiger partial charge in [0.1, 0.15) is 23.0 Å². The Labute approximate surface area is 210 Å². The van der Waals surface area contributed by atoms with Gasteiger partial charge >= 0.3 is 0 Å². The predicted molar refractivity (Wildman–Crippen MR) is 138 cm³/mol. The molecule has 5 rings (SSSR count). The number of fused-ring (bicyclic) bond motifs is 1. The van der Waals surface area contributed by atoms with Crippen LogP contribution in [0.2, 0.25) is 0 Å². The van der Waals surface area contributed by atoms with E-state index in [4.69, 9.17) is 15.5 Å². The molecule has 1 unspecified atom stereocenters. The maximum Gasteiger partial charge on any atom is 0.269 e. The van der Waals surface area contributed by atoms with Crippen LogP contribution in [0.3, 0.4) is 0 Å². The molecule has 8 nitrogen and oxygen atoms in total. The Bertz CT molecular complexity index is 1270. The van der Waals surface area contributed by atoms with Crippen molar-refractivity contribution in [1.29, 1.82) is 0 Å². The lowest BCUT2D eigenvalue weighted by atomic mass is 9.81. The number of carbonyl (C=O) groups is 2. The van der Waals surface area contributed by atoms with E-state index in [1.165, 1.54) is 0 Å². The summed E-state index contributed by atoms with van der Waals surface area (Å²) >= 11 is 0. The van der Waals surface area contributed by atoms with E-state index in [1.54, 1.807) is 11.6 Å². The van der Waals surface area contributed by atoms with Gasteiger partial charge in [-0.25, -0.2) is 9.66 Å². The van der Waals surface area contributed by atoms with Gasteiger partial charge in [-0.05, 0) is 61.6 Å². The van der Waals surface area contributed by atoms with Gasteiger partial charge in [0.25, 0.3) is 5.91 Å². The molecule has 3 heterocycles. The molecule has 2 aliphatic heterocycles. The zero-order chi connectivity index (χ0) is 25.2. The molecule has 3 N–H and O–H groups in total. The first kappa shape index (κ1) is 23.7. The second-order valence-corrected chi connectivity index (χ2v) is 9.44. The molecule has 0 aliphatic carbocycles. The van der Waals surface area contributed by atoms with Crippen LogP contribution in [0.4, 0.5) is 0 Å². The third-order valence-electron chi connectivity index (χ3n) is 7.20. The first-order chi connectivity index (χ1) is 17.4. The maximum absolute atomic E-state index is 12.5. The fourth-order valence-corrected chi connectivity index (χ4v) is 5.28.